The molecule has 2 atom stereocenters. The topological polar surface area (TPSA) is 67.6 Å². The van der Waals surface area contributed by atoms with E-state index >= 15 is 0 Å². The van der Waals surface area contributed by atoms with E-state index in [1.807, 2.05) is 11.0 Å². The Morgan fingerprint density at radius 3 is 2.78 bits per heavy atom. The van der Waals surface area contributed by atoms with Crippen molar-refractivity contribution in [2.45, 2.75) is 31.8 Å². The van der Waals surface area contributed by atoms with Crippen LogP contribution >= 0.6 is 0 Å². The number of benzene rings is 1. The van der Waals surface area contributed by atoms with Crippen LogP contribution in [0.1, 0.15) is 24.8 Å². The molecule has 1 amide bonds. The molecule has 6 heteroatoms. The number of ether oxygens (including phenoxy) is 1. The van der Waals surface area contributed by atoms with Crippen LogP contribution in [-0.2, 0) is 16.1 Å². The van der Waals surface area contributed by atoms with Gasteiger partial charge in [-0.15, -0.1) is 0 Å². The highest BCUT2D eigenvalue weighted by atomic mass is 19.1. The first-order chi connectivity index (χ1) is 11.1. The van der Waals surface area contributed by atoms with Gasteiger partial charge in [-0.1, -0.05) is 12.5 Å². The number of carbonyl (C=O) groups excluding carboxylic acids is 1. The molecule has 0 bridgehead atoms. The average Bonchev–Trinajstić information content (AvgIpc) is 3.00. The molecular weight excluding hydrogens is 297 g/mol. The van der Waals surface area contributed by atoms with Crippen LogP contribution in [0.5, 0.6) is 0 Å². The highest BCUT2D eigenvalue weighted by Crippen LogP contribution is 2.24. The number of morpholine rings is 1. The Labute approximate surface area is 136 Å². The monoisotopic (exact) mass is 321 g/mol. The Hall–Kier alpha value is -1.66. The van der Waals surface area contributed by atoms with Gasteiger partial charge < -0.3 is 20.7 Å². The number of anilines is 1. The molecule has 23 heavy (non-hydrogen) atoms. The maximum Gasteiger partial charge on any atom is 0.224 e. The molecular formula is C17H24FN3O2. The first-order valence-electron chi connectivity index (χ1n) is 8.29. The standard InChI is InChI=1S/C17H24FN3O2/c18-14-10-12(4-5-16(14)21-6-8-23-9-7-21)11-20-17(22)13-2-1-3-15(13)19/h4-5,10,13,15H,1-3,6-9,11,19H2,(H,20,22)/t13-,15+/m1/s1. The van der Waals surface area contributed by atoms with Crippen LogP contribution in [0.3, 0.4) is 0 Å². The zero-order valence-corrected chi connectivity index (χ0v) is 13.3. The fourth-order valence-corrected chi connectivity index (χ4v) is 3.36. The maximum atomic E-state index is 14.3. The van der Waals surface area contributed by atoms with Crippen LogP contribution < -0.4 is 16.0 Å². The number of amides is 1. The molecule has 2 aliphatic rings. The number of hydrogen-bond donors (Lipinski definition) is 2. The predicted octanol–water partition coefficient (Wildman–Crippen LogP) is 1.41. The van der Waals surface area contributed by atoms with Gasteiger partial charge in [-0.2, -0.15) is 0 Å². The number of nitrogens with zero attached hydrogens (tertiary/aromatic N) is 1. The number of nitrogens with two attached hydrogens (primary N) is 1. The molecule has 126 valence electrons. The largest absolute Gasteiger partial charge is 0.378 e. The normalized spacial score (nSPS) is 24.7. The molecule has 3 N–H and O–H groups in total. The fraction of sp³-hybridized carbons (Fsp3) is 0.588. The van der Waals surface area contributed by atoms with Gasteiger partial charge in [-0.3, -0.25) is 4.79 Å². The molecule has 1 aromatic rings. The van der Waals surface area contributed by atoms with Crippen molar-refractivity contribution >= 4 is 11.6 Å². The summed E-state index contributed by atoms with van der Waals surface area (Å²) in [6.07, 6.45) is 2.75. The van der Waals surface area contributed by atoms with Gasteiger partial charge >= 0.3 is 0 Å². The van der Waals surface area contributed by atoms with E-state index < -0.39 is 0 Å². The zero-order chi connectivity index (χ0) is 16.2. The predicted molar refractivity (Wildman–Crippen MR) is 86.6 cm³/mol. The SMILES string of the molecule is N[C@H]1CCC[C@H]1C(=O)NCc1ccc(N2CCOCC2)c(F)c1. The fourth-order valence-electron chi connectivity index (χ4n) is 3.36. The van der Waals surface area contributed by atoms with Gasteiger partial charge in [-0.05, 0) is 30.5 Å². The molecule has 0 spiro atoms. The number of carbonyl (C=O) groups is 1. The van der Waals surface area contributed by atoms with E-state index in [-0.39, 0.29) is 23.7 Å². The van der Waals surface area contributed by atoms with Crippen molar-refractivity contribution < 1.29 is 13.9 Å². The third-order valence-electron chi connectivity index (χ3n) is 4.74. The van der Waals surface area contributed by atoms with E-state index in [0.717, 1.165) is 24.8 Å². The highest BCUT2D eigenvalue weighted by Gasteiger charge is 2.29. The lowest BCUT2D eigenvalue weighted by atomic mass is 10.0. The summed E-state index contributed by atoms with van der Waals surface area (Å²) in [4.78, 5) is 14.1. The molecule has 1 saturated heterocycles. The van der Waals surface area contributed by atoms with Crippen molar-refractivity contribution in [3.05, 3.63) is 29.6 Å². The van der Waals surface area contributed by atoms with Gasteiger partial charge in [0.1, 0.15) is 5.82 Å². The molecule has 1 aliphatic heterocycles. The summed E-state index contributed by atoms with van der Waals surface area (Å²) in [6.45, 7) is 2.99. The van der Waals surface area contributed by atoms with Crippen LogP contribution in [-0.4, -0.2) is 38.3 Å². The maximum absolute atomic E-state index is 14.3. The lowest BCUT2D eigenvalue weighted by molar-refractivity contribution is -0.125. The third-order valence-corrected chi connectivity index (χ3v) is 4.74. The molecule has 5 nitrogen and oxygen atoms in total. The van der Waals surface area contributed by atoms with Crippen LogP contribution in [0.4, 0.5) is 10.1 Å². The summed E-state index contributed by atoms with van der Waals surface area (Å²) in [5, 5.41) is 2.88. The van der Waals surface area contributed by atoms with E-state index in [1.165, 1.54) is 6.07 Å². The summed E-state index contributed by atoms with van der Waals surface area (Å²) in [6, 6.07) is 5.10. The number of hydrogen-bond acceptors (Lipinski definition) is 4. The third kappa shape index (κ3) is 3.82. The summed E-state index contributed by atoms with van der Waals surface area (Å²) in [5.41, 5.74) is 7.30. The van der Waals surface area contributed by atoms with Gasteiger partial charge in [0.2, 0.25) is 5.91 Å². The smallest absolute Gasteiger partial charge is 0.224 e. The number of nitrogens with one attached hydrogen (secondary N) is 1. The molecule has 2 fully saturated rings. The first kappa shape index (κ1) is 16.2. The average molecular weight is 321 g/mol. The zero-order valence-electron chi connectivity index (χ0n) is 13.3. The van der Waals surface area contributed by atoms with Gasteiger partial charge in [0.25, 0.3) is 0 Å². The van der Waals surface area contributed by atoms with Crippen LogP contribution in [0, 0.1) is 11.7 Å². The Kier molecular flexibility index (Phi) is 5.13. The summed E-state index contributed by atoms with van der Waals surface area (Å²) in [5.74, 6) is -0.378. The second kappa shape index (κ2) is 7.27. The summed E-state index contributed by atoms with van der Waals surface area (Å²) < 4.78 is 19.6. The lowest BCUT2D eigenvalue weighted by Crippen LogP contribution is -2.38. The lowest BCUT2D eigenvalue weighted by Gasteiger charge is -2.29. The van der Waals surface area contributed by atoms with E-state index in [4.69, 9.17) is 10.5 Å². The summed E-state index contributed by atoms with van der Waals surface area (Å²) in [7, 11) is 0. The Balaban J connectivity index is 1.58. The second-order valence-corrected chi connectivity index (χ2v) is 6.30. The molecule has 1 aromatic carbocycles. The summed E-state index contributed by atoms with van der Waals surface area (Å²) >= 11 is 0. The van der Waals surface area contributed by atoms with E-state index in [9.17, 15) is 9.18 Å². The quantitative estimate of drug-likeness (QED) is 0.880. The van der Waals surface area contributed by atoms with Crippen molar-refractivity contribution in [3.8, 4) is 0 Å². The minimum absolute atomic E-state index is 0.0207. The molecule has 1 aliphatic carbocycles. The van der Waals surface area contributed by atoms with E-state index in [1.54, 1.807) is 6.07 Å². The minimum Gasteiger partial charge on any atom is -0.378 e. The van der Waals surface area contributed by atoms with E-state index in [0.29, 0.717) is 38.5 Å². The van der Waals surface area contributed by atoms with Crippen molar-refractivity contribution in [1.29, 1.82) is 0 Å². The second-order valence-electron chi connectivity index (χ2n) is 6.30. The first-order valence-corrected chi connectivity index (χ1v) is 8.29. The Bertz CT molecular complexity index is 561. The Morgan fingerprint density at radius 2 is 2.13 bits per heavy atom. The van der Waals surface area contributed by atoms with Gasteiger partial charge in [0, 0.05) is 25.7 Å². The van der Waals surface area contributed by atoms with Gasteiger partial charge in [0.05, 0.1) is 24.8 Å². The van der Waals surface area contributed by atoms with Crippen molar-refractivity contribution in [1.82, 2.24) is 5.32 Å². The van der Waals surface area contributed by atoms with Gasteiger partial charge in [-0.25, -0.2) is 4.39 Å². The molecule has 3 rings (SSSR count). The number of rotatable bonds is 4. The minimum atomic E-state index is -0.254. The molecule has 1 heterocycles. The van der Waals surface area contributed by atoms with Crippen LogP contribution in [0.15, 0.2) is 18.2 Å². The highest BCUT2D eigenvalue weighted by molar-refractivity contribution is 5.79. The van der Waals surface area contributed by atoms with Crippen LogP contribution in [0.25, 0.3) is 0 Å². The van der Waals surface area contributed by atoms with Crippen molar-refractivity contribution in [3.63, 3.8) is 0 Å². The van der Waals surface area contributed by atoms with Crippen LogP contribution in [0.2, 0.25) is 0 Å². The molecule has 0 radical (unpaired) electrons. The molecule has 0 aromatic heterocycles. The molecule has 1 saturated carbocycles. The molecule has 0 unspecified atom stereocenters. The Morgan fingerprint density at radius 1 is 1.35 bits per heavy atom. The van der Waals surface area contributed by atoms with Crippen molar-refractivity contribution in [2.75, 3.05) is 31.2 Å². The van der Waals surface area contributed by atoms with E-state index in [2.05, 4.69) is 5.32 Å². The van der Waals surface area contributed by atoms with Crippen molar-refractivity contribution in [2.24, 2.45) is 11.7 Å². The van der Waals surface area contributed by atoms with Gasteiger partial charge in [0.15, 0.2) is 0 Å². The number of halogens is 1.